The van der Waals surface area contributed by atoms with Crippen LogP contribution < -0.4 is 15.0 Å². The molecule has 1 atom stereocenters. The number of ether oxygens (including phenoxy) is 3. The van der Waals surface area contributed by atoms with E-state index in [0.717, 1.165) is 23.7 Å². The summed E-state index contributed by atoms with van der Waals surface area (Å²) in [5.41, 5.74) is 1.95. The molecule has 1 amide bonds. The maximum Gasteiger partial charge on any atom is 0.410 e. The van der Waals surface area contributed by atoms with Crippen LogP contribution in [0.25, 0.3) is 22.2 Å². The maximum atomic E-state index is 13.1. The summed E-state index contributed by atoms with van der Waals surface area (Å²) in [6.45, 7) is 8.51. The molecule has 1 aliphatic rings. The van der Waals surface area contributed by atoms with Crippen LogP contribution in [-0.2, 0) is 16.5 Å². The summed E-state index contributed by atoms with van der Waals surface area (Å²) < 4.78 is 18.7. The molecule has 14 heteroatoms. The largest absolute Gasteiger partial charge is 0.494 e. The molecule has 2 aromatic carbocycles. The first-order chi connectivity index (χ1) is 23.3. The Morgan fingerprint density at radius 3 is 2.65 bits per heavy atom. The number of esters is 1. The molecule has 2 aromatic heterocycles. The minimum Gasteiger partial charge on any atom is -0.494 e. The van der Waals surface area contributed by atoms with Gasteiger partial charge in [0.1, 0.15) is 22.6 Å². The average Bonchev–Trinajstić information content (AvgIpc) is 3.66. The molecule has 4 aromatic rings. The molecule has 0 bridgehead atoms. The Balaban J connectivity index is 1.49. The van der Waals surface area contributed by atoms with Crippen molar-refractivity contribution in [1.82, 2.24) is 19.4 Å². The minimum absolute atomic E-state index is 0.0997. The van der Waals surface area contributed by atoms with Crippen LogP contribution >= 0.6 is 0 Å². The molecule has 260 valence electrons. The predicted octanol–water partition coefficient (Wildman–Crippen LogP) is 6.70. The summed E-state index contributed by atoms with van der Waals surface area (Å²) in [6, 6.07) is 10.5. The number of anilines is 3. The number of nitro groups is 1. The van der Waals surface area contributed by atoms with E-state index in [1.807, 2.05) is 69.8 Å². The van der Waals surface area contributed by atoms with E-state index in [9.17, 15) is 19.7 Å². The van der Waals surface area contributed by atoms with Gasteiger partial charge in [0.15, 0.2) is 0 Å². The van der Waals surface area contributed by atoms with E-state index in [0.29, 0.717) is 42.2 Å². The number of amides is 1. The summed E-state index contributed by atoms with van der Waals surface area (Å²) in [5, 5.41) is 16.4. The highest BCUT2D eigenvalue weighted by atomic mass is 16.6. The fourth-order valence-electron chi connectivity index (χ4n) is 6.00. The molecule has 0 saturated carbocycles. The van der Waals surface area contributed by atoms with E-state index in [4.69, 9.17) is 19.2 Å². The number of fused-ring (bicyclic) bond motifs is 1. The molecule has 0 radical (unpaired) electrons. The van der Waals surface area contributed by atoms with Crippen molar-refractivity contribution >= 4 is 46.0 Å². The normalized spacial score (nSPS) is 14.5. The van der Waals surface area contributed by atoms with Gasteiger partial charge < -0.3 is 33.9 Å². The van der Waals surface area contributed by atoms with Gasteiger partial charge in [0.2, 0.25) is 5.95 Å². The van der Waals surface area contributed by atoms with Crippen LogP contribution in [0, 0.1) is 10.1 Å². The van der Waals surface area contributed by atoms with Crippen molar-refractivity contribution in [1.29, 1.82) is 0 Å². The van der Waals surface area contributed by atoms with E-state index >= 15 is 0 Å². The number of aryl methyl sites for hydroxylation is 1. The van der Waals surface area contributed by atoms with Crippen LogP contribution in [0.2, 0.25) is 0 Å². The first-order valence-electron chi connectivity index (χ1n) is 16.2. The number of likely N-dealkylation sites (N-methyl/N-ethyl adjacent to an activating group) is 1. The van der Waals surface area contributed by atoms with Crippen LogP contribution in [-0.4, -0.2) is 81.9 Å². The Morgan fingerprint density at radius 1 is 1.20 bits per heavy atom. The Kier molecular flexibility index (Phi) is 10.2. The molecule has 14 nitrogen and oxygen atoms in total. The fraction of sp³-hybridized carbons (Fsp3) is 0.429. The lowest BCUT2D eigenvalue weighted by molar-refractivity contribution is -0.384. The van der Waals surface area contributed by atoms with Crippen LogP contribution in [0.4, 0.5) is 27.8 Å². The number of rotatable bonds is 11. The van der Waals surface area contributed by atoms with E-state index < -0.39 is 22.6 Å². The number of nitro benzene ring substituents is 1. The van der Waals surface area contributed by atoms with Gasteiger partial charge >= 0.3 is 12.1 Å². The number of nitrogens with zero attached hydrogens (tertiary/aromatic N) is 6. The lowest BCUT2D eigenvalue weighted by atomic mass is 10.1. The molecular formula is C35H43N7O7. The molecule has 0 spiro atoms. The maximum absolute atomic E-state index is 13.1. The van der Waals surface area contributed by atoms with Crippen LogP contribution in [0.3, 0.4) is 0 Å². The van der Waals surface area contributed by atoms with Crippen molar-refractivity contribution in [3.8, 4) is 17.0 Å². The second kappa shape index (κ2) is 14.4. The summed E-state index contributed by atoms with van der Waals surface area (Å²) in [6.07, 6.45) is 5.09. The predicted molar refractivity (Wildman–Crippen MR) is 187 cm³/mol. The van der Waals surface area contributed by atoms with Gasteiger partial charge in [-0.2, -0.15) is 0 Å². The molecule has 1 saturated heterocycles. The molecular weight excluding hydrogens is 630 g/mol. The number of methoxy groups -OCH3 is 1. The van der Waals surface area contributed by atoms with Crippen molar-refractivity contribution in [3.05, 3.63) is 64.5 Å². The Bertz CT molecular complexity index is 1870. The summed E-state index contributed by atoms with van der Waals surface area (Å²) in [5.74, 6) is -0.142. The molecule has 5 rings (SSSR count). The Labute approximate surface area is 285 Å². The first-order valence-corrected chi connectivity index (χ1v) is 16.2. The highest BCUT2D eigenvalue weighted by Gasteiger charge is 2.34. The molecule has 1 fully saturated rings. The fourth-order valence-corrected chi connectivity index (χ4v) is 6.00. The van der Waals surface area contributed by atoms with E-state index in [1.165, 1.54) is 19.4 Å². The third kappa shape index (κ3) is 7.68. The third-order valence-corrected chi connectivity index (χ3v) is 8.24. The number of nitrogens with one attached hydrogen (secondary N) is 1. The zero-order valence-corrected chi connectivity index (χ0v) is 29.0. The molecule has 1 N–H and O–H groups in total. The number of hydrogen-bond acceptors (Lipinski definition) is 11. The lowest BCUT2D eigenvalue weighted by Gasteiger charge is -2.31. The average molecular weight is 674 g/mol. The van der Waals surface area contributed by atoms with Gasteiger partial charge in [-0.15, -0.1) is 0 Å². The monoisotopic (exact) mass is 673 g/mol. The van der Waals surface area contributed by atoms with Gasteiger partial charge in [0.05, 0.1) is 36.1 Å². The van der Waals surface area contributed by atoms with Crippen molar-refractivity contribution in [2.24, 2.45) is 7.05 Å². The van der Waals surface area contributed by atoms with Crippen molar-refractivity contribution in [2.45, 2.75) is 58.6 Å². The number of carbonyl (C=O) groups is 2. The van der Waals surface area contributed by atoms with Gasteiger partial charge in [-0.05, 0) is 46.1 Å². The van der Waals surface area contributed by atoms with Crippen molar-refractivity contribution in [3.63, 3.8) is 0 Å². The number of benzene rings is 2. The van der Waals surface area contributed by atoms with E-state index in [2.05, 4.69) is 10.3 Å². The number of carbonyl (C=O) groups excluding carboxylic acids is 2. The van der Waals surface area contributed by atoms with Gasteiger partial charge in [0.25, 0.3) is 5.69 Å². The number of aromatic nitrogens is 3. The summed E-state index contributed by atoms with van der Waals surface area (Å²) >= 11 is 0. The lowest BCUT2D eigenvalue weighted by Crippen LogP contribution is -2.44. The number of hydrogen-bond donors (Lipinski definition) is 1. The first kappa shape index (κ1) is 34.9. The Hall–Kier alpha value is -5.40. The van der Waals surface area contributed by atoms with Gasteiger partial charge in [-0.1, -0.05) is 25.1 Å². The molecule has 0 unspecified atom stereocenters. The molecule has 0 aliphatic carbocycles. The van der Waals surface area contributed by atoms with Gasteiger partial charge in [0, 0.05) is 68.2 Å². The van der Waals surface area contributed by atoms with Crippen molar-refractivity contribution < 1.29 is 28.7 Å². The summed E-state index contributed by atoms with van der Waals surface area (Å²) in [4.78, 5) is 50.5. The molecule has 1 aliphatic heterocycles. The van der Waals surface area contributed by atoms with E-state index in [-0.39, 0.29) is 35.5 Å². The van der Waals surface area contributed by atoms with Crippen molar-refractivity contribution in [2.75, 3.05) is 44.1 Å². The van der Waals surface area contributed by atoms with Gasteiger partial charge in [-0.25, -0.2) is 19.6 Å². The zero-order chi connectivity index (χ0) is 35.5. The zero-order valence-electron chi connectivity index (χ0n) is 29.0. The standard InChI is InChI=1S/C35H43N7O7/c1-8-16-48-32(43)24-19-36-33(38-31(24)25-21-40(6)27-14-10-9-13-23(25)27)37-26-17-29(42(45)46)28(18-30(26)47-7)39(5)20-22-12-11-15-41(22)34(44)49-35(2,3)4/h9-10,13-14,17-19,21-22H,8,11-12,15-16,20H2,1-7H3,(H,36,37,38)/t22-/m1/s1. The van der Waals surface area contributed by atoms with Crippen LogP contribution in [0.5, 0.6) is 5.75 Å². The number of para-hydroxylation sites is 1. The molecule has 49 heavy (non-hydrogen) atoms. The van der Waals surface area contributed by atoms with Gasteiger partial charge in [-0.3, -0.25) is 10.1 Å². The van der Waals surface area contributed by atoms with Crippen LogP contribution in [0.1, 0.15) is 57.3 Å². The molecule has 3 heterocycles. The van der Waals surface area contributed by atoms with E-state index in [1.54, 1.807) is 22.9 Å². The number of likely N-dealkylation sites (tertiary alicyclic amines) is 1. The SMILES string of the molecule is CCCOC(=O)c1cnc(Nc2cc([N+](=O)[O-])c(N(C)C[C@H]3CCCN3C(=O)OC(C)(C)C)cc2OC)nc1-c1cn(C)c2ccccc12. The second-order valence-corrected chi connectivity index (χ2v) is 13.0. The quantitative estimate of drug-likeness (QED) is 0.103. The smallest absolute Gasteiger partial charge is 0.410 e. The minimum atomic E-state index is -0.636. The topological polar surface area (TPSA) is 154 Å². The Morgan fingerprint density at radius 2 is 1.96 bits per heavy atom. The van der Waals surface area contributed by atoms with Crippen LogP contribution in [0.15, 0.2) is 48.8 Å². The summed E-state index contributed by atoms with van der Waals surface area (Å²) in [7, 11) is 5.12. The highest BCUT2D eigenvalue weighted by molar-refractivity contribution is 6.03. The second-order valence-electron chi connectivity index (χ2n) is 13.0. The third-order valence-electron chi connectivity index (χ3n) is 8.24. The highest BCUT2D eigenvalue weighted by Crippen LogP contribution is 2.40.